The lowest BCUT2D eigenvalue weighted by Gasteiger charge is -2.33. The Labute approximate surface area is 177 Å². The van der Waals surface area contributed by atoms with E-state index in [0.717, 1.165) is 32.5 Å². The molecule has 5 nitrogen and oxygen atoms in total. The summed E-state index contributed by atoms with van der Waals surface area (Å²) in [4.78, 5) is 10.8. The van der Waals surface area contributed by atoms with Crippen molar-refractivity contribution < 1.29 is 4.39 Å². The van der Waals surface area contributed by atoms with Crippen molar-refractivity contribution in [3.63, 3.8) is 0 Å². The van der Waals surface area contributed by atoms with E-state index in [2.05, 4.69) is 55.8 Å². The maximum absolute atomic E-state index is 13.7. The smallest absolute Gasteiger partial charge is 0.191 e. The van der Waals surface area contributed by atoms with Crippen molar-refractivity contribution >= 4 is 29.9 Å². The van der Waals surface area contributed by atoms with Crippen LogP contribution in [0, 0.1) is 5.82 Å². The summed E-state index contributed by atoms with van der Waals surface area (Å²) in [5, 5.41) is 6.59. The van der Waals surface area contributed by atoms with E-state index in [0.29, 0.717) is 24.2 Å². The Hall–Kier alpha value is -1.74. The van der Waals surface area contributed by atoms with E-state index in [1.165, 1.54) is 11.6 Å². The normalized spacial score (nSPS) is 15.9. The number of aliphatic imine (C=N–C) groups is 1. The van der Waals surface area contributed by atoms with Crippen molar-refractivity contribution in [3.05, 3.63) is 65.7 Å². The number of pyridine rings is 1. The third-order valence-electron chi connectivity index (χ3n) is 4.66. The number of piperidine rings is 1. The predicted molar refractivity (Wildman–Crippen MR) is 118 cm³/mol. The van der Waals surface area contributed by atoms with Crippen molar-refractivity contribution in [2.24, 2.45) is 4.99 Å². The maximum atomic E-state index is 13.7. The highest BCUT2D eigenvalue weighted by molar-refractivity contribution is 14.0. The Kier molecular flexibility index (Phi) is 8.93. The number of nitrogens with one attached hydrogen (secondary N) is 2. The molecule has 1 saturated heterocycles. The first-order valence-electron chi connectivity index (χ1n) is 9.07. The summed E-state index contributed by atoms with van der Waals surface area (Å²) in [6.07, 6.45) is 3.72. The number of hydrogen-bond acceptors (Lipinski definition) is 3. The second-order valence-electron chi connectivity index (χ2n) is 6.54. The van der Waals surface area contributed by atoms with Crippen molar-refractivity contribution in [3.8, 4) is 0 Å². The second-order valence-corrected chi connectivity index (χ2v) is 6.54. The van der Waals surface area contributed by atoms with E-state index in [1.807, 2.05) is 0 Å². The van der Waals surface area contributed by atoms with Gasteiger partial charge < -0.3 is 10.6 Å². The standard InChI is InChI=1S/C20H26FN5.HI/c1-22-20(24-14-19-18(21)8-5-11-23-19)25-17-9-12-26(13-10-17)15-16-6-3-2-4-7-16;/h2-8,11,17H,9-10,12-15H2,1H3,(H2,22,24,25);1H. The minimum Gasteiger partial charge on any atom is -0.354 e. The van der Waals surface area contributed by atoms with Crippen LogP contribution >= 0.6 is 24.0 Å². The molecule has 146 valence electrons. The number of aromatic nitrogens is 1. The third-order valence-corrected chi connectivity index (χ3v) is 4.66. The quantitative estimate of drug-likeness (QED) is 0.390. The van der Waals surface area contributed by atoms with Gasteiger partial charge in [-0.1, -0.05) is 30.3 Å². The number of hydrogen-bond donors (Lipinski definition) is 2. The van der Waals surface area contributed by atoms with Gasteiger partial charge in [0, 0.05) is 38.9 Å². The molecule has 0 bridgehead atoms. The van der Waals surface area contributed by atoms with Gasteiger partial charge in [0.25, 0.3) is 0 Å². The number of benzene rings is 1. The Morgan fingerprint density at radius 3 is 2.59 bits per heavy atom. The molecule has 2 N–H and O–H groups in total. The number of halogens is 2. The molecular weight excluding hydrogens is 456 g/mol. The molecule has 7 heteroatoms. The lowest BCUT2D eigenvalue weighted by Crippen LogP contribution is -2.48. The molecule has 0 atom stereocenters. The van der Waals surface area contributed by atoms with Crippen LogP contribution in [0.5, 0.6) is 0 Å². The molecule has 0 spiro atoms. The highest BCUT2D eigenvalue weighted by Gasteiger charge is 2.20. The van der Waals surface area contributed by atoms with Crippen molar-refractivity contribution in [2.75, 3.05) is 20.1 Å². The van der Waals surface area contributed by atoms with E-state index in [1.54, 1.807) is 19.3 Å². The molecule has 0 saturated carbocycles. The van der Waals surface area contributed by atoms with Crippen molar-refractivity contribution in [1.29, 1.82) is 0 Å². The van der Waals surface area contributed by atoms with Crippen molar-refractivity contribution in [2.45, 2.75) is 32.0 Å². The van der Waals surface area contributed by atoms with Crippen LogP contribution in [0.25, 0.3) is 0 Å². The van der Waals surface area contributed by atoms with Gasteiger partial charge in [0.2, 0.25) is 0 Å². The minimum atomic E-state index is -0.301. The molecule has 0 amide bonds. The first-order chi connectivity index (χ1) is 12.7. The molecular formula is C20H27FIN5. The molecule has 27 heavy (non-hydrogen) atoms. The molecule has 2 heterocycles. The first-order valence-corrected chi connectivity index (χ1v) is 9.07. The van der Waals surface area contributed by atoms with Gasteiger partial charge in [0.1, 0.15) is 5.82 Å². The van der Waals surface area contributed by atoms with Crippen molar-refractivity contribution in [1.82, 2.24) is 20.5 Å². The summed E-state index contributed by atoms with van der Waals surface area (Å²) in [5.41, 5.74) is 1.75. The van der Waals surface area contributed by atoms with Crippen LogP contribution in [0.3, 0.4) is 0 Å². The van der Waals surface area contributed by atoms with Gasteiger partial charge >= 0.3 is 0 Å². The Bertz CT molecular complexity index is 717. The van der Waals surface area contributed by atoms with E-state index >= 15 is 0 Å². The molecule has 1 fully saturated rings. The largest absolute Gasteiger partial charge is 0.354 e. The average Bonchev–Trinajstić information content (AvgIpc) is 2.68. The summed E-state index contributed by atoms with van der Waals surface area (Å²) < 4.78 is 13.7. The Morgan fingerprint density at radius 2 is 1.93 bits per heavy atom. The molecule has 1 aliphatic rings. The van der Waals surface area contributed by atoms with E-state index in [-0.39, 0.29) is 29.8 Å². The fraction of sp³-hybridized carbons (Fsp3) is 0.400. The third kappa shape index (κ3) is 6.73. The lowest BCUT2D eigenvalue weighted by molar-refractivity contribution is 0.198. The molecule has 0 aliphatic carbocycles. The summed E-state index contributed by atoms with van der Waals surface area (Å²) in [5.74, 6) is 0.390. The van der Waals surface area contributed by atoms with Crippen LogP contribution in [-0.2, 0) is 13.1 Å². The number of likely N-dealkylation sites (tertiary alicyclic amines) is 1. The van der Waals surface area contributed by atoms with Gasteiger partial charge in [0.05, 0.1) is 12.2 Å². The SMILES string of the molecule is CN=C(NCc1ncccc1F)NC1CCN(Cc2ccccc2)CC1.I. The summed E-state index contributed by atoms with van der Waals surface area (Å²) >= 11 is 0. The topological polar surface area (TPSA) is 52.6 Å². The molecule has 0 unspecified atom stereocenters. The van der Waals surface area contributed by atoms with E-state index in [9.17, 15) is 4.39 Å². The van der Waals surface area contributed by atoms with Gasteiger partial charge in [-0.15, -0.1) is 24.0 Å². The Balaban J connectivity index is 0.00000261. The number of rotatable bonds is 5. The summed E-state index contributed by atoms with van der Waals surface area (Å²) in [6, 6.07) is 14.0. The fourth-order valence-corrected chi connectivity index (χ4v) is 3.18. The van der Waals surface area contributed by atoms with Gasteiger partial charge in [0.15, 0.2) is 5.96 Å². The van der Waals surface area contributed by atoms with Gasteiger partial charge in [-0.2, -0.15) is 0 Å². The maximum Gasteiger partial charge on any atom is 0.191 e. The van der Waals surface area contributed by atoms with Crippen LogP contribution < -0.4 is 10.6 Å². The summed E-state index contributed by atoms with van der Waals surface area (Å²) in [6.45, 7) is 3.43. The number of guanidine groups is 1. The van der Waals surface area contributed by atoms with Crippen LogP contribution in [-0.4, -0.2) is 42.0 Å². The monoisotopic (exact) mass is 483 g/mol. The van der Waals surface area contributed by atoms with Crippen LogP contribution in [0.2, 0.25) is 0 Å². The zero-order valence-electron chi connectivity index (χ0n) is 15.6. The molecule has 1 aromatic heterocycles. The van der Waals surface area contributed by atoms with Gasteiger partial charge in [-0.3, -0.25) is 14.9 Å². The molecule has 1 aliphatic heterocycles. The highest BCUT2D eigenvalue weighted by Crippen LogP contribution is 2.13. The Morgan fingerprint density at radius 1 is 1.19 bits per heavy atom. The number of nitrogens with zero attached hydrogens (tertiary/aromatic N) is 3. The molecule has 1 aromatic carbocycles. The molecule has 3 rings (SSSR count). The molecule has 2 aromatic rings. The first kappa shape index (κ1) is 21.6. The predicted octanol–water partition coefficient (Wildman–Crippen LogP) is 3.17. The van der Waals surface area contributed by atoms with Gasteiger partial charge in [-0.25, -0.2) is 4.39 Å². The lowest BCUT2D eigenvalue weighted by atomic mass is 10.0. The van der Waals surface area contributed by atoms with Crippen LogP contribution in [0.4, 0.5) is 4.39 Å². The zero-order chi connectivity index (χ0) is 18.2. The van der Waals surface area contributed by atoms with E-state index < -0.39 is 0 Å². The minimum absolute atomic E-state index is 0. The second kappa shape index (κ2) is 11.2. The van der Waals surface area contributed by atoms with E-state index in [4.69, 9.17) is 0 Å². The highest BCUT2D eigenvalue weighted by atomic mass is 127. The summed E-state index contributed by atoms with van der Waals surface area (Å²) in [7, 11) is 1.73. The van der Waals surface area contributed by atoms with Crippen LogP contribution in [0.1, 0.15) is 24.1 Å². The molecule has 0 radical (unpaired) electrons. The zero-order valence-corrected chi connectivity index (χ0v) is 17.9. The van der Waals surface area contributed by atoms with Crippen LogP contribution in [0.15, 0.2) is 53.7 Å². The van der Waals surface area contributed by atoms with Gasteiger partial charge in [-0.05, 0) is 30.5 Å². The fourth-order valence-electron chi connectivity index (χ4n) is 3.18. The average molecular weight is 483 g/mol.